The van der Waals surface area contributed by atoms with Gasteiger partial charge in [0, 0.05) is 17.7 Å². The number of nitriles is 1. The van der Waals surface area contributed by atoms with E-state index in [0.29, 0.717) is 19.4 Å². The molecular formula is C17H15FN2O. The Kier molecular flexibility index (Phi) is 3.74. The van der Waals surface area contributed by atoms with Gasteiger partial charge in [0.05, 0.1) is 19.0 Å². The second kappa shape index (κ2) is 5.84. The summed E-state index contributed by atoms with van der Waals surface area (Å²) in [5, 5.41) is 11.9. The van der Waals surface area contributed by atoms with Gasteiger partial charge < -0.3 is 10.1 Å². The zero-order valence-corrected chi connectivity index (χ0v) is 11.5. The van der Waals surface area contributed by atoms with Crippen molar-refractivity contribution in [2.75, 3.05) is 11.9 Å². The zero-order valence-electron chi connectivity index (χ0n) is 11.5. The van der Waals surface area contributed by atoms with Crippen molar-refractivity contribution in [3.8, 4) is 11.8 Å². The van der Waals surface area contributed by atoms with Crippen molar-refractivity contribution in [3.05, 3.63) is 59.4 Å². The number of nitrogens with zero attached hydrogens (tertiary/aromatic N) is 1. The molecule has 3 nitrogen and oxygen atoms in total. The minimum absolute atomic E-state index is 0.0144. The van der Waals surface area contributed by atoms with E-state index in [1.54, 1.807) is 6.07 Å². The maximum Gasteiger partial charge on any atom is 0.123 e. The fourth-order valence-electron chi connectivity index (χ4n) is 2.47. The minimum Gasteiger partial charge on any atom is -0.488 e. The maximum atomic E-state index is 13.1. The fourth-order valence-corrected chi connectivity index (χ4v) is 2.47. The van der Waals surface area contributed by atoms with Crippen LogP contribution >= 0.6 is 0 Å². The van der Waals surface area contributed by atoms with Crippen LogP contribution in [0.5, 0.6) is 5.75 Å². The average Bonchev–Trinajstić information content (AvgIpc) is 2.89. The molecule has 1 atom stereocenters. The molecule has 1 aliphatic heterocycles. The Hall–Kier alpha value is -2.54. The molecule has 0 fully saturated rings. The summed E-state index contributed by atoms with van der Waals surface area (Å²) >= 11 is 0. The van der Waals surface area contributed by atoms with Gasteiger partial charge in [-0.2, -0.15) is 5.26 Å². The molecule has 0 aliphatic carbocycles. The van der Waals surface area contributed by atoms with Crippen LogP contribution in [0.2, 0.25) is 0 Å². The second-order valence-corrected chi connectivity index (χ2v) is 5.11. The summed E-state index contributed by atoms with van der Waals surface area (Å²) in [6.45, 7) is 0.661. The lowest BCUT2D eigenvalue weighted by Gasteiger charge is -2.13. The molecule has 106 valence electrons. The van der Waals surface area contributed by atoms with E-state index in [1.807, 2.05) is 24.3 Å². The largest absolute Gasteiger partial charge is 0.488 e. The van der Waals surface area contributed by atoms with Crippen LogP contribution in [0, 0.1) is 17.1 Å². The Morgan fingerprint density at radius 2 is 2.05 bits per heavy atom. The van der Waals surface area contributed by atoms with Crippen LogP contribution in [-0.4, -0.2) is 12.6 Å². The molecule has 2 aromatic rings. The topological polar surface area (TPSA) is 45.0 Å². The molecule has 0 aromatic heterocycles. The van der Waals surface area contributed by atoms with E-state index in [2.05, 4.69) is 11.4 Å². The molecule has 0 bridgehead atoms. The van der Waals surface area contributed by atoms with E-state index in [0.717, 1.165) is 22.6 Å². The fraction of sp³-hybridized carbons (Fsp3) is 0.235. The molecule has 1 N–H and O–H groups in total. The smallest absolute Gasteiger partial charge is 0.123 e. The van der Waals surface area contributed by atoms with Gasteiger partial charge in [-0.25, -0.2) is 4.39 Å². The van der Waals surface area contributed by atoms with E-state index < -0.39 is 0 Å². The number of fused-ring (bicyclic) bond motifs is 1. The summed E-state index contributed by atoms with van der Waals surface area (Å²) in [7, 11) is 0. The first-order valence-electron chi connectivity index (χ1n) is 6.89. The lowest BCUT2D eigenvalue weighted by molar-refractivity contribution is 0.246. The Bertz CT molecular complexity index is 676. The zero-order chi connectivity index (χ0) is 14.7. The van der Waals surface area contributed by atoms with Crippen LogP contribution < -0.4 is 10.1 Å². The summed E-state index contributed by atoms with van der Waals surface area (Å²) in [4.78, 5) is 0. The lowest BCUT2D eigenvalue weighted by atomic mass is 10.1. The van der Waals surface area contributed by atoms with Gasteiger partial charge in [-0.15, -0.1) is 0 Å². The van der Waals surface area contributed by atoms with Crippen molar-refractivity contribution in [2.24, 2.45) is 0 Å². The highest BCUT2D eigenvalue weighted by atomic mass is 19.1. The van der Waals surface area contributed by atoms with Crippen LogP contribution in [0.15, 0.2) is 42.5 Å². The quantitative estimate of drug-likeness (QED) is 0.935. The number of halogens is 1. The molecule has 3 rings (SSSR count). The van der Waals surface area contributed by atoms with Crippen LogP contribution in [-0.2, 0) is 12.8 Å². The Balaban J connectivity index is 1.56. The predicted octanol–water partition coefficient (Wildman–Crippen LogP) is 3.31. The molecule has 1 unspecified atom stereocenters. The Labute approximate surface area is 123 Å². The molecule has 0 radical (unpaired) electrons. The molecule has 4 heteroatoms. The van der Waals surface area contributed by atoms with E-state index in [-0.39, 0.29) is 11.9 Å². The normalized spacial score (nSPS) is 15.9. The van der Waals surface area contributed by atoms with Gasteiger partial charge in [0.15, 0.2) is 0 Å². The van der Waals surface area contributed by atoms with Gasteiger partial charge in [-0.1, -0.05) is 12.1 Å². The van der Waals surface area contributed by atoms with E-state index in [1.165, 1.54) is 12.1 Å². The average molecular weight is 282 g/mol. The number of rotatable bonds is 4. The van der Waals surface area contributed by atoms with Gasteiger partial charge >= 0.3 is 0 Å². The molecular weight excluding hydrogens is 267 g/mol. The van der Waals surface area contributed by atoms with Gasteiger partial charge in [0.2, 0.25) is 0 Å². The van der Waals surface area contributed by atoms with Gasteiger partial charge in [0.1, 0.15) is 17.7 Å². The third-order valence-electron chi connectivity index (χ3n) is 3.53. The summed E-state index contributed by atoms with van der Waals surface area (Å²) in [5.41, 5.74) is 2.91. The summed E-state index contributed by atoms with van der Waals surface area (Å²) in [5.74, 6) is 0.548. The number of nitrogens with one attached hydrogen (secondary N) is 1. The number of anilines is 1. The molecule has 1 aliphatic rings. The third kappa shape index (κ3) is 3.14. The van der Waals surface area contributed by atoms with E-state index in [9.17, 15) is 4.39 Å². The van der Waals surface area contributed by atoms with Crippen LogP contribution in [0.3, 0.4) is 0 Å². The van der Waals surface area contributed by atoms with Crippen LogP contribution in [0.1, 0.15) is 11.1 Å². The Morgan fingerprint density at radius 3 is 2.81 bits per heavy atom. The molecule has 21 heavy (non-hydrogen) atoms. The predicted molar refractivity (Wildman–Crippen MR) is 78.8 cm³/mol. The summed E-state index contributed by atoms with van der Waals surface area (Å²) in [6, 6.07) is 14.5. The lowest BCUT2D eigenvalue weighted by Crippen LogP contribution is -2.23. The van der Waals surface area contributed by atoms with Crippen LogP contribution in [0.25, 0.3) is 0 Å². The van der Waals surface area contributed by atoms with Crippen molar-refractivity contribution in [2.45, 2.75) is 18.9 Å². The molecule has 2 aromatic carbocycles. The third-order valence-corrected chi connectivity index (χ3v) is 3.53. The van der Waals surface area contributed by atoms with Crippen LogP contribution in [0.4, 0.5) is 10.1 Å². The first-order chi connectivity index (χ1) is 10.2. The number of ether oxygens (including phenoxy) is 1. The van der Waals surface area contributed by atoms with Gasteiger partial charge in [-0.3, -0.25) is 0 Å². The van der Waals surface area contributed by atoms with E-state index in [4.69, 9.17) is 10.00 Å². The van der Waals surface area contributed by atoms with Gasteiger partial charge in [0.25, 0.3) is 0 Å². The SMILES string of the molecule is N#CCc1ccc(NCC2Cc3cc(F)ccc3O2)cc1. The number of hydrogen-bond acceptors (Lipinski definition) is 3. The molecule has 0 saturated heterocycles. The molecule has 0 amide bonds. The van der Waals surface area contributed by atoms with Crippen molar-refractivity contribution in [1.82, 2.24) is 0 Å². The van der Waals surface area contributed by atoms with Crippen molar-refractivity contribution >= 4 is 5.69 Å². The second-order valence-electron chi connectivity index (χ2n) is 5.11. The van der Waals surface area contributed by atoms with Crippen molar-refractivity contribution in [3.63, 3.8) is 0 Å². The summed E-state index contributed by atoms with van der Waals surface area (Å²) in [6.07, 6.45) is 1.15. The van der Waals surface area contributed by atoms with Crippen molar-refractivity contribution < 1.29 is 9.13 Å². The molecule has 0 saturated carbocycles. The van der Waals surface area contributed by atoms with E-state index >= 15 is 0 Å². The molecule has 1 heterocycles. The standard InChI is InChI=1S/C17H15FN2O/c18-14-3-6-17-13(9-14)10-16(21-17)11-20-15-4-1-12(2-5-15)7-8-19/h1-6,9,16,20H,7,10-11H2. The van der Waals surface area contributed by atoms with Gasteiger partial charge in [-0.05, 0) is 35.9 Å². The first kappa shape index (κ1) is 13.4. The first-order valence-corrected chi connectivity index (χ1v) is 6.89. The van der Waals surface area contributed by atoms with Crippen molar-refractivity contribution in [1.29, 1.82) is 5.26 Å². The number of hydrogen-bond donors (Lipinski definition) is 1. The maximum absolute atomic E-state index is 13.1. The molecule has 0 spiro atoms. The highest BCUT2D eigenvalue weighted by Crippen LogP contribution is 2.29. The minimum atomic E-state index is -0.223. The highest BCUT2D eigenvalue weighted by Gasteiger charge is 2.22. The summed E-state index contributed by atoms with van der Waals surface area (Å²) < 4.78 is 18.9. The monoisotopic (exact) mass is 282 g/mol. The number of benzene rings is 2. The highest BCUT2D eigenvalue weighted by molar-refractivity contribution is 5.46. The Morgan fingerprint density at radius 1 is 1.24 bits per heavy atom.